The molecule has 3 rings (SSSR count). The Kier molecular flexibility index (Phi) is 3.68. The number of fused-ring (bicyclic) bond motifs is 1. The number of nitrogens with one attached hydrogen (secondary N) is 1. The number of nitrogens with two attached hydrogens (primary N) is 1. The van der Waals surface area contributed by atoms with Gasteiger partial charge in [-0.25, -0.2) is 4.98 Å². The van der Waals surface area contributed by atoms with Crippen molar-refractivity contribution in [2.45, 2.75) is 13.0 Å². The molecule has 0 unspecified atom stereocenters. The van der Waals surface area contributed by atoms with E-state index in [2.05, 4.69) is 28.5 Å². The number of anilines is 1. The van der Waals surface area contributed by atoms with Crippen LogP contribution in [-0.4, -0.2) is 16.9 Å². The fourth-order valence-electron chi connectivity index (χ4n) is 2.12. The zero-order valence-electron chi connectivity index (χ0n) is 11.5. The average molecular weight is 297 g/mol. The number of carbonyl (C=O) groups excluding carboxylic acids is 1. The Morgan fingerprint density at radius 3 is 2.81 bits per heavy atom. The Balaban J connectivity index is 1.97. The summed E-state index contributed by atoms with van der Waals surface area (Å²) in [6, 6.07) is 13.7. The first kappa shape index (κ1) is 13.7. The molecular formula is C16H15N3OS. The summed E-state index contributed by atoms with van der Waals surface area (Å²) >= 11 is 1.40. The highest BCUT2D eigenvalue weighted by Crippen LogP contribution is 2.30. The third-order valence-corrected chi connectivity index (χ3v) is 3.97. The molecule has 5 heteroatoms. The molecule has 0 saturated carbocycles. The van der Waals surface area contributed by atoms with Crippen LogP contribution in [0.4, 0.5) is 5.13 Å². The van der Waals surface area contributed by atoms with Crippen molar-refractivity contribution in [3.63, 3.8) is 0 Å². The summed E-state index contributed by atoms with van der Waals surface area (Å²) in [6.07, 6.45) is 0. The van der Waals surface area contributed by atoms with E-state index in [4.69, 9.17) is 5.73 Å². The smallest absolute Gasteiger partial charge is 0.242 e. The van der Waals surface area contributed by atoms with Gasteiger partial charge in [-0.15, -0.1) is 11.3 Å². The Morgan fingerprint density at radius 2 is 2.00 bits per heavy atom. The average Bonchev–Trinajstić information content (AvgIpc) is 2.95. The van der Waals surface area contributed by atoms with Gasteiger partial charge in [-0.2, -0.15) is 0 Å². The first-order valence-corrected chi connectivity index (χ1v) is 7.53. The predicted octanol–water partition coefficient (Wildman–Crippen LogP) is 3.25. The number of benzene rings is 2. The Bertz CT molecular complexity index is 790. The van der Waals surface area contributed by atoms with Gasteiger partial charge in [0.05, 0.1) is 11.7 Å². The molecular weight excluding hydrogens is 282 g/mol. The van der Waals surface area contributed by atoms with Crippen LogP contribution in [-0.2, 0) is 4.79 Å². The number of thiazole rings is 1. The molecule has 0 aliphatic heterocycles. The first-order valence-electron chi connectivity index (χ1n) is 6.65. The van der Waals surface area contributed by atoms with E-state index >= 15 is 0 Å². The number of rotatable bonds is 3. The van der Waals surface area contributed by atoms with Gasteiger partial charge in [-0.3, -0.25) is 4.79 Å². The summed E-state index contributed by atoms with van der Waals surface area (Å²) in [5, 5.41) is 7.55. The van der Waals surface area contributed by atoms with Crippen LogP contribution in [0.3, 0.4) is 0 Å². The highest BCUT2D eigenvalue weighted by Gasteiger charge is 2.12. The van der Waals surface area contributed by atoms with Gasteiger partial charge in [0.15, 0.2) is 5.13 Å². The predicted molar refractivity (Wildman–Crippen MR) is 87.3 cm³/mol. The molecule has 0 bridgehead atoms. The van der Waals surface area contributed by atoms with Crippen LogP contribution in [0.25, 0.3) is 22.0 Å². The molecule has 2 aromatic carbocycles. The molecule has 0 spiro atoms. The lowest BCUT2D eigenvalue weighted by atomic mass is 10.0. The number of nitrogens with zero attached hydrogens (tertiary/aromatic N) is 1. The molecule has 1 amide bonds. The molecule has 0 aliphatic rings. The quantitative estimate of drug-likeness (QED) is 0.779. The minimum atomic E-state index is -0.546. The van der Waals surface area contributed by atoms with Crippen LogP contribution >= 0.6 is 11.3 Å². The zero-order chi connectivity index (χ0) is 14.8. The largest absolute Gasteiger partial charge is 0.320 e. The van der Waals surface area contributed by atoms with E-state index in [-0.39, 0.29) is 5.91 Å². The summed E-state index contributed by atoms with van der Waals surface area (Å²) in [5.74, 6) is -0.228. The van der Waals surface area contributed by atoms with Crippen molar-refractivity contribution in [2.75, 3.05) is 5.32 Å². The van der Waals surface area contributed by atoms with Crippen molar-refractivity contribution in [1.29, 1.82) is 0 Å². The number of carbonyl (C=O) groups is 1. The molecule has 1 heterocycles. The number of aromatic nitrogens is 1. The van der Waals surface area contributed by atoms with Gasteiger partial charge in [0.2, 0.25) is 5.91 Å². The van der Waals surface area contributed by atoms with Crippen molar-refractivity contribution in [1.82, 2.24) is 4.98 Å². The minimum Gasteiger partial charge on any atom is -0.320 e. The minimum absolute atomic E-state index is 0.228. The third-order valence-electron chi connectivity index (χ3n) is 3.21. The molecule has 0 radical (unpaired) electrons. The summed E-state index contributed by atoms with van der Waals surface area (Å²) < 4.78 is 0. The molecule has 0 saturated heterocycles. The van der Waals surface area contributed by atoms with Gasteiger partial charge in [0, 0.05) is 10.9 Å². The lowest BCUT2D eigenvalue weighted by Crippen LogP contribution is -2.32. The van der Waals surface area contributed by atoms with Crippen molar-refractivity contribution < 1.29 is 4.79 Å². The molecule has 0 aliphatic carbocycles. The zero-order valence-corrected chi connectivity index (χ0v) is 12.4. The molecule has 3 N–H and O–H groups in total. The maximum Gasteiger partial charge on any atom is 0.242 e. The maximum absolute atomic E-state index is 11.6. The molecule has 3 aromatic rings. The molecule has 0 fully saturated rings. The van der Waals surface area contributed by atoms with Gasteiger partial charge in [0.25, 0.3) is 0 Å². The van der Waals surface area contributed by atoms with E-state index in [1.165, 1.54) is 16.7 Å². The van der Waals surface area contributed by atoms with E-state index in [1.54, 1.807) is 6.92 Å². The number of hydrogen-bond donors (Lipinski definition) is 2. The van der Waals surface area contributed by atoms with Crippen LogP contribution in [0.5, 0.6) is 0 Å². The highest BCUT2D eigenvalue weighted by atomic mass is 32.1. The van der Waals surface area contributed by atoms with Gasteiger partial charge in [-0.1, -0.05) is 42.5 Å². The highest BCUT2D eigenvalue weighted by molar-refractivity contribution is 7.14. The number of hydrogen-bond acceptors (Lipinski definition) is 4. The normalized spacial score (nSPS) is 12.3. The number of amides is 1. The first-order chi connectivity index (χ1) is 10.1. The second-order valence-corrected chi connectivity index (χ2v) is 5.70. The Hall–Kier alpha value is -2.24. The third kappa shape index (κ3) is 2.79. The second-order valence-electron chi connectivity index (χ2n) is 4.84. The monoisotopic (exact) mass is 297 g/mol. The summed E-state index contributed by atoms with van der Waals surface area (Å²) in [7, 11) is 0. The SMILES string of the molecule is C[C@H](N)C(=O)Nc1nc(-c2cccc3ccccc23)cs1. The lowest BCUT2D eigenvalue weighted by Gasteiger charge is -2.05. The van der Waals surface area contributed by atoms with Crippen LogP contribution in [0.1, 0.15) is 6.92 Å². The lowest BCUT2D eigenvalue weighted by molar-refractivity contribution is -0.117. The molecule has 1 aromatic heterocycles. The van der Waals surface area contributed by atoms with Gasteiger partial charge in [0.1, 0.15) is 0 Å². The summed E-state index contributed by atoms with van der Waals surface area (Å²) in [5.41, 5.74) is 7.46. The van der Waals surface area contributed by atoms with E-state index in [1.807, 2.05) is 29.6 Å². The Labute approximate surface area is 126 Å². The van der Waals surface area contributed by atoms with E-state index in [9.17, 15) is 4.79 Å². The van der Waals surface area contributed by atoms with Gasteiger partial charge in [-0.05, 0) is 17.7 Å². The van der Waals surface area contributed by atoms with Gasteiger partial charge >= 0.3 is 0 Å². The Morgan fingerprint density at radius 1 is 1.24 bits per heavy atom. The second kappa shape index (κ2) is 5.63. The van der Waals surface area contributed by atoms with Crippen LogP contribution < -0.4 is 11.1 Å². The fraction of sp³-hybridized carbons (Fsp3) is 0.125. The van der Waals surface area contributed by atoms with Crippen LogP contribution in [0.2, 0.25) is 0 Å². The molecule has 1 atom stereocenters. The van der Waals surface area contributed by atoms with Crippen LogP contribution in [0.15, 0.2) is 47.8 Å². The van der Waals surface area contributed by atoms with Gasteiger partial charge < -0.3 is 11.1 Å². The maximum atomic E-state index is 11.6. The van der Waals surface area contributed by atoms with Crippen molar-refractivity contribution >= 4 is 33.1 Å². The van der Waals surface area contributed by atoms with Crippen LogP contribution in [0, 0.1) is 0 Å². The van der Waals surface area contributed by atoms with Crippen molar-refractivity contribution in [3.8, 4) is 11.3 Å². The van der Waals surface area contributed by atoms with E-state index in [0.717, 1.165) is 16.6 Å². The van der Waals surface area contributed by atoms with Crippen molar-refractivity contribution in [2.24, 2.45) is 5.73 Å². The molecule has 4 nitrogen and oxygen atoms in total. The topological polar surface area (TPSA) is 68.0 Å². The molecule has 106 valence electrons. The fourth-order valence-corrected chi connectivity index (χ4v) is 2.84. The van der Waals surface area contributed by atoms with E-state index < -0.39 is 6.04 Å². The summed E-state index contributed by atoms with van der Waals surface area (Å²) in [4.78, 5) is 16.1. The van der Waals surface area contributed by atoms with Crippen molar-refractivity contribution in [3.05, 3.63) is 47.8 Å². The summed E-state index contributed by atoms with van der Waals surface area (Å²) in [6.45, 7) is 1.65. The standard InChI is InChI=1S/C16H15N3OS/c1-10(17)15(20)19-16-18-14(9-21-16)13-8-4-6-11-5-2-3-7-12(11)13/h2-10H,17H2,1H3,(H,18,19,20)/t10-/m0/s1. The van der Waals surface area contributed by atoms with E-state index in [0.29, 0.717) is 5.13 Å². The molecule has 21 heavy (non-hydrogen) atoms.